The summed E-state index contributed by atoms with van der Waals surface area (Å²) in [5, 5.41) is 0. The number of allylic oxidation sites excluding steroid dienone is 3. The normalized spacial score (nSPS) is 30.5. The van der Waals surface area contributed by atoms with Crippen LogP contribution in [0.2, 0.25) is 0 Å². The van der Waals surface area contributed by atoms with Gasteiger partial charge in [-0.05, 0) is 18.9 Å². The van der Waals surface area contributed by atoms with Crippen molar-refractivity contribution in [2.75, 3.05) is 0 Å². The SMILES string of the molecule is CC1=CCC(C)C2=C1OC(F)(F)O2. The van der Waals surface area contributed by atoms with Crippen LogP contribution in [0, 0.1) is 5.92 Å². The lowest BCUT2D eigenvalue weighted by atomic mass is 9.96. The summed E-state index contributed by atoms with van der Waals surface area (Å²) in [5.74, 6) is 0.473. The van der Waals surface area contributed by atoms with Gasteiger partial charge in [0.15, 0.2) is 11.5 Å². The van der Waals surface area contributed by atoms with E-state index in [0.29, 0.717) is 0 Å². The quantitative estimate of drug-likeness (QED) is 0.582. The molecular formula is C9H10F2O2. The van der Waals surface area contributed by atoms with E-state index in [0.717, 1.165) is 12.0 Å². The number of hydrogen-bond donors (Lipinski definition) is 0. The molecule has 0 fully saturated rings. The molecule has 1 heterocycles. The van der Waals surface area contributed by atoms with Crippen LogP contribution < -0.4 is 0 Å². The standard InChI is InChI=1S/C9H10F2O2/c1-5-3-4-6(2)8-7(5)12-9(10,11)13-8/h3,6H,4H2,1-2H3. The van der Waals surface area contributed by atoms with E-state index in [1.54, 1.807) is 6.92 Å². The van der Waals surface area contributed by atoms with Crippen molar-refractivity contribution in [3.05, 3.63) is 23.2 Å². The van der Waals surface area contributed by atoms with Crippen LogP contribution in [-0.2, 0) is 9.47 Å². The van der Waals surface area contributed by atoms with E-state index in [2.05, 4.69) is 9.47 Å². The van der Waals surface area contributed by atoms with E-state index in [9.17, 15) is 8.78 Å². The Labute approximate surface area is 74.8 Å². The molecule has 0 aromatic carbocycles. The Morgan fingerprint density at radius 1 is 1.46 bits per heavy atom. The molecule has 0 aromatic heterocycles. The first-order chi connectivity index (χ1) is 5.99. The number of halogens is 2. The molecule has 72 valence electrons. The van der Waals surface area contributed by atoms with Gasteiger partial charge < -0.3 is 9.47 Å². The van der Waals surface area contributed by atoms with Crippen molar-refractivity contribution in [1.29, 1.82) is 0 Å². The van der Waals surface area contributed by atoms with Gasteiger partial charge >= 0.3 is 6.29 Å². The first kappa shape index (κ1) is 8.53. The van der Waals surface area contributed by atoms with Crippen LogP contribution in [0.4, 0.5) is 8.78 Å². The Hall–Kier alpha value is -1.06. The minimum absolute atomic E-state index is 0.0212. The zero-order valence-corrected chi connectivity index (χ0v) is 7.43. The summed E-state index contributed by atoms with van der Waals surface area (Å²) in [4.78, 5) is 0. The minimum Gasteiger partial charge on any atom is -0.400 e. The van der Waals surface area contributed by atoms with E-state index in [1.807, 2.05) is 13.0 Å². The summed E-state index contributed by atoms with van der Waals surface area (Å²) in [6.07, 6.45) is -0.864. The highest BCUT2D eigenvalue weighted by molar-refractivity contribution is 5.33. The van der Waals surface area contributed by atoms with E-state index < -0.39 is 6.29 Å². The van der Waals surface area contributed by atoms with Crippen molar-refractivity contribution in [3.63, 3.8) is 0 Å². The number of alkyl halides is 2. The van der Waals surface area contributed by atoms with Crippen LogP contribution in [-0.4, -0.2) is 6.29 Å². The fraction of sp³-hybridized carbons (Fsp3) is 0.556. The van der Waals surface area contributed by atoms with Crippen molar-refractivity contribution in [3.8, 4) is 0 Å². The van der Waals surface area contributed by atoms with Gasteiger partial charge in [-0.2, -0.15) is 0 Å². The molecule has 1 atom stereocenters. The molecule has 0 aromatic rings. The first-order valence-corrected chi connectivity index (χ1v) is 4.17. The van der Waals surface area contributed by atoms with Crippen molar-refractivity contribution in [1.82, 2.24) is 0 Å². The smallest absolute Gasteiger partial charge is 0.400 e. The summed E-state index contributed by atoms with van der Waals surface area (Å²) in [7, 11) is 0. The zero-order valence-electron chi connectivity index (χ0n) is 7.43. The molecule has 4 heteroatoms. The van der Waals surface area contributed by atoms with Gasteiger partial charge in [0.1, 0.15) is 0 Å². The first-order valence-electron chi connectivity index (χ1n) is 4.17. The molecule has 1 unspecified atom stereocenters. The number of rotatable bonds is 0. The average molecular weight is 188 g/mol. The van der Waals surface area contributed by atoms with E-state index in [4.69, 9.17) is 0 Å². The van der Waals surface area contributed by atoms with Crippen LogP contribution in [0.3, 0.4) is 0 Å². The molecule has 13 heavy (non-hydrogen) atoms. The molecule has 0 N–H and O–H groups in total. The molecular weight excluding hydrogens is 178 g/mol. The van der Waals surface area contributed by atoms with E-state index in [-0.39, 0.29) is 17.4 Å². The molecule has 0 bridgehead atoms. The number of ether oxygens (including phenoxy) is 2. The molecule has 0 saturated heterocycles. The van der Waals surface area contributed by atoms with E-state index in [1.165, 1.54) is 0 Å². The van der Waals surface area contributed by atoms with Crippen LogP contribution in [0.5, 0.6) is 0 Å². The maximum atomic E-state index is 12.7. The Bertz CT molecular complexity index is 305. The highest BCUT2D eigenvalue weighted by atomic mass is 19.3. The van der Waals surface area contributed by atoms with Crippen molar-refractivity contribution >= 4 is 0 Å². The van der Waals surface area contributed by atoms with Crippen LogP contribution in [0.25, 0.3) is 0 Å². The van der Waals surface area contributed by atoms with E-state index >= 15 is 0 Å². The fourth-order valence-corrected chi connectivity index (χ4v) is 1.52. The molecule has 1 aliphatic heterocycles. The lowest BCUT2D eigenvalue weighted by Crippen LogP contribution is -2.17. The Morgan fingerprint density at radius 3 is 2.77 bits per heavy atom. The summed E-state index contributed by atoms with van der Waals surface area (Å²) in [5.41, 5.74) is 0.727. The summed E-state index contributed by atoms with van der Waals surface area (Å²) in [6.45, 7) is 3.58. The second kappa shape index (κ2) is 2.47. The maximum Gasteiger partial charge on any atom is 0.585 e. The van der Waals surface area contributed by atoms with Gasteiger partial charge in [-0.15, -0.1) is 8.78 Å². The van der Waals surface area contributed by atoms with Gasteiger partial charge in [-0.25, -0.2) is 0 Å². The Balaban J connectivity index is 2.34. The molecule has 2 rings (SSSR count). The third kappa shape index (κ3) is 1.30. The highest BCUT2D eigenvalue weighted by Crippen LogP contribution is 2.43. The summed E-state index contributed by atoms with van der Waals surface area (Å²) in [6, 6.07) is 0. The summed E-state index contributed by atoms with van der Waals surface area (Å²) >= 11 is 0. The minimum atomic E-state index is -3.47. The van der Waals surface area contributed by atoms with Crippen LogP contribution in [0.15, 0.2) is 23.2 Å². The second-order valence-electron chi connectivity index (χ2n) is 3.38. The van der Waals surface area contributed by atoms with Crippen molar-refractivity contribution < 1.29 is 18.3 Å². The third-order valence-electron chi connectivity index (χ3n) is 2.26. The van der Waals surface area contributed by atoms with Gasteiger partial charge in [-0.1, -0.05) is 13.0 Å². The molecule has 2 aliphatic rings. The van der Waals surface area contributed by atoms with Crippen LogP contribution in [0.1, 0.15) is 20.3 Å². The van der Waals surface area contributed by atoms with Gasteiger partial charge in [0, 0.05) is 5.92 Å². The lowest BCUT2D eigenvalue weighted by Gasteiger charge is -2.14. The second-order valence-corrected chi connectivity index (χ2v) is 3.38. The van der Waals surface area contributed by atoms with Crippen molar-refractivity contribution in [2.45, 2.75) is 26.6 Å². The largest absolute Gasteiger partial charge is 0.585 e. The van der Waals surface area contributed by atoms with Gasteiger partial charge in [-0.3, -0.25) is 0 Å². The van der Waals surface area contributed by atoms with Gasteiger partial charge in [0.05, 0.1) is 0 Å². The fourth-order valence-electron chi connectivity index (χ4n) is 1.52. The predicted octanol–water partition coefficient (Wildman–Crippen LogP) is 2.78. The molecule has 2 nitrogen and oxygen atoms in total. The summed E-state index contributed by atoms with van der Waals surface area (Å²) < 4.78 is 34.2. The Kier molecular flexibility index (Phi) is 1.62. The van der Waals surface area contributed by atoms with Crippen LogP contribution >= 0.6 is 0 Å². The van der Waals surface area contributed by atoms with Gasteiger partial charge in [0.2, 0.25) is 0 Å². The topological polar surface area (TPSA) is 18.5 Å². The predicted molar refractivity (Wildman–Crippen MR) is 41.7 cm³/mol. The molecule has 0 amide bonds. The maximum absolute atomic E-state index is 12.7. The Morgan fingerprint density at radius 2 is 2.15 bits per heavy atom. The van der Waals surface area contributed by atoms with Crippen molar-refractivity contribution in [2.24, 2.45) is 5.92 Å². The number of hydrogen-bond acceptors (Lipinski definition) is 2. The lowest BCUT2D eigenvalue weighted by molar-refractivity contribution is -0.337. The van der Waals surface area contributed by atoms with Gasteiger partial charge in [0.25, 0.3) is 0 Å². The molecule has 0 spiro atoms. The molecule has 1 aliphatic carbocycles. The molecule has 0 radical (unpaired) electrons. The zero-order chi connectivity index (χ0) is 9.64. The highest BCUT2D eigenvalue weighted by Gasteiger charge is 2.47. The monoisotopic (exact) mass is 188 g/mol. The third-order valence-corrected chi connectivity index (χ3v) is 2.26. The average Bonchev–Trinajstić information content (AvgIpc) is 2.35. The molecule has 0 saturated carbocycles.